The predicted molar refractivity (Wildman–Crippen MR) is 175 cm³/mol. The molecule has 0 bridgehead atoms. The number of anilines is 2. The lowest BCUT2D eigenvalue weighted by Gasteiger charge is -2.25. The molecule has 244 valence electrons. The normalized spacial score (nSPS) is 22.3. The van der Waals surface area contributed by atoms with Gasteiger partial charge in [0, 0.05) is 49.7 Å². The van der Waals surface area contributed by atoms with Crippen LogP contribution in [-0.4, -0.2) is 85.4 Å². The highest BCUT2D eigenvalue weighted by Crippen LogP contribution is 2.41. The molecule has 4 heterocycles. The van der Waals surface area contributed by atoms with Crippen molar-refractivity contribution in [3.63, 3.8) is 0 Å². The third-order valence-electron chi connectivity index (χ3n) is 8.41. The van der Waals surface area contributed by atoms with Crippen LogP contribution in [0.5, 0.6) is 23.0 Å². The van der Waals surface area contributed by atoms with E-state index in [4.69, 9.17) is 28.4 Å². The van der Waals surface area contributed by atoms with Crippen LogP contribution in [0, 0.1) is 0 Å². The first-order chi connectivity index (χ1) is 23.0. The van der Waals surface area contributed by atoms with E-state index in [-0.39, 0.29) is 45.7 Å². The molecule has 10 nitrogen and oxygen atoms in total. The smallest absolute Gasteiger partial charge is 0.213 e. The topological polar surface area (TPSA) is 109 Å². The molecule has 0 saturated carbocycles. The molecule has 4 aromatic carbocycles. The molecule has 0 amide bonds. The number of rotatable bonds is 16. The van der Waals surface area contributed by atoms with Crippen molar-refractivity contribution in [1.82, 2.24) is 0 Å². The van der Waals surface area contributed by atoms with Gasteiger partial charge in [0.2, 0.25) is 9.84 Å². The average Bonchev–Trinajstić information content (AvgIpc) is 3.88. The molecule has 0 radical (unpaired) electrons. The maximum atomic E-state index is 14.7. The van der Waals surface area contributed by atoms with Gasteiger partial charge >= 0.3 is 0 Å². The molecular weight excluding hydrogens is 620 g/mol. The quantitative estimate of drug-likeness (QED) is 0.147. The van der Waals surface area contributed by atoms with Crippen molar-refractivity contribution < 1.29 is 36.8 Å². The molecule has 0 N–H and O–H groups in total. The van der Waals surface area contributed by atoms with Crippen molar-refractivity contribution in [2.75, 3.05) is 62.4 Å². The van der Waals surface area contributed by atoms with Crippen LogP contribution in [0.15, 0.2) is 107 Å². The van der Waals surface area contributed by atoms with Gasteiger partial charge in [0.1, 0.15) is 32.8 Å². The minimum atomic E-state index is -4.15. The van der Waals surface area contributed by atoms with Crippen molar-refractivity contribution >= 4 is 21.2 Å². The number of hydrogen-bond donors (Lipinski definition) is 0. The van der Waals surface area contributed by atoms with Gasteiger partial charge in [-0.05, 0) is 48.5 Å². The Balaban J connectivity index is 1.19. The van der Waals surface area contributed by atoms with E-state index < -0.39 is 9.84 Å². The minimum Gasteiger partial charge on any atom is -0.456 e. The second-order valence-corrected chi connectivity index (χ2v) is 14.1. The van der Waals surface area contributed by atoms with Gasteiger partial charge in [0.15, 0.2) is 0 Å². The molecule has 4 fully saturated rings. The molecule has 4 atom stereocenters. The van der Waals surface area contributed by atoms with Crippen molar-refractivity contribution in [1.29, 1.82) is 0 Å². The molecule has 8 rings (SSSR count). The molecule has 47 heavy (non-hydrogen) atoms. The Bertz CT molecular complexity index is 1650. The summed E-state index contributed by atoms with van der Waals surface area (Å²) in [6, 6.07) is 28.9. The van der Waals surface area contributed by atoms with E-state index in [0.717, 1.165) is 11.4 Å². The van der Waals surface area contributed by atoms with Crippen molar-refractivity contribution in [2.45, 2.75) is 34.2 Å². The van der Waals surface area contributed by atoms with Crippen molar-refractivity contribution in [3.8, 4) is 23.0 Å². The van der Waals surface area contributed by atoms with Gasteiger partial charge in [-0.2, -0.15) is 0 Å². The first kappa shape index (κ1) is 30.2. The highest BCUT2D eigenvalue weighted by Gasteiger charge is 2.34. The van der Waals surface area contributed by atoms with E-state index >= 15 is 0 Å². The lowest BCUT2D eigenvalue weighted by atomic mass is 10.2. The second kappa shape index (κ2) is 12.8. The third kappa shape index (κ3) is 7.55. The standard InChI is InChI=1S/C36H36N2O8S/c39-47(40,35-13-11-25(15-33(35)45-27-7-3-1-4-8-27)37(17-29-21-41-29)18-30-22-42-30)36-14-12-26(16-34(36)46-28-9-5-2-6-10-28)38(19-31-23-43-31)20-32-24-44-32/h1-16,29-32H,17-24H2. The van der Waals surface area contributed by atoms with Crippen LogP contribution < -0.4 is 19.3 Å². The summed E-state index contributed by atoms with van der Waals surface area (Å²) in [5, 5.41) is 0. The molecule has 4 saturated heterocycles. The summed E-state index contributed by atoms with van der Waals surface area (Å²) in [6.07, 6.45) is 0.572. The van der Waals surface area contributed by atoms with Crippen LogP contribution in [-0.2, 0) is 28.8 Å². The largest absolute Gasteiger partial charge is 0.456 e. The summed E-state index contributed by atoms with van der Waals surface area (Å²) in [4.78, 5) is 4.42. The Morgan fingerprint density at radius 1 is 0.532 bits per heavy atom. The van der Waals surface area contributed by atoms with Crippen LogP contribution in [0.4, 0.5) is 11.4 Å². The minimum absolute atomic E-state index is 0.0377. The zero-order valence-electron chi connectivity index (χ0n) is 25.8. The van der Waals surface area contributed by atoms with Gasteiger partial charge in [-0.15, -0.1) is 0 Å². The summed E-state index contributed by atoms with van der Waals surface area (Å²) >= 11 is 0. The summed E-state index contributed by atoms with van der Waals surface area (Å²) in [5.74, 6) is 1.50. The van der Waals surface area contributed by atoms with Crippen molar-refractivity contribution in [3.05, 3.63) is 97.1 Å². The summed E-state index contributed by atoms with van der Waals surface area (Å²) in [7, 11) is -4.15. The van der Waals surface area contributed by atoms with E-state index in [1.807, 2.05) is 48.5 Å². The third-order valence-corrected chi connectivity index (χ3v) is 10.2. The van der Waals surface area contributed by atoms with E-state index in [1.54, 1.807) is 48.5 Å². The fourth-order valence-electron chi connectivity index (χ4n) is 5.59. The Kier molecular flexibility index (Phi) is 8.24. The summed E-state index contributed by atoms with van der Waals surface area (Å²) in [6.45, 7) is 5.57. The molecule has 4 unspecified atom stereocenters. The Morgan fingerprint density at radius 3 is 1.19 bits per heavy atom. The van der Waals surface area contributed by atoms with E-state index in [2.05, 4.69) is 9.80 Å². The number of hydrogen-bond acceptors (Lipinski definition) is 10. The van der Waals surface area contributed by atoms with Crippen LogP contribution >= 0.6 is 0 Å². The van der Waals surface area contributed by atoms with E-state index in [9.17, 15) is 8.42 Å². The van der Waals surface area contributed by atoms with Gasteiger partial charge in [-0.1, -0.05) is 36.4 Å². The van der Waals surface area contributed by atoms with Crippen LogP contribution in [0.3, 0.4) is 0 Å². The highest BCUT2D eigenvalue weighted by molar-refractivity contribution is 7.91. The van der Waals surface area contributed by atoms with Gasteiger partial charge in [-0.25, -0.2) is 8.42 Å². The number of nitrogens with zero attached hydrogens (tertiary/aromatic N) is 2. The molecular formula is C36H36N2O8S. The van der Waals surface area contributed by atoms with Crippen LogP contribution in [0.2, 0.25) is 0 Å². The second-order valence-electron chi connectivity index (χ2n) is 12.2. The number of epoxide rings is 4. The molecule has 4 aliphatic rings. The van der Waals surface area contributed by atoms with Gasteiger partial charge in [-0.3, -0.25) is 0 Å². The van der Waals surface area contributed by atoms with Gasteiger partial charge in [0.05, 0.1) is 50.8 Å². The number of sulfone groups is 1. The molecule has 4 aliphatic heterocycles. The van der Waals surface area contributed by atoms with Gasteiger partial charge in [0.25, 0.3) is 0 Å². The Labute approximate surface area is 274 Å². The van der Waals surface area contributed by atoms with E-state index in [0.29, 0.717) is 64.1 Å². The van der Waals surface area contributed by atoms with Crippen LogP contribution in [0.25, 0.3) is 0 Å². The number of para-hydroxylation sites is 2. The van der Waals surface area contributed by atoms with E-state index in [1.165, 1.54) is 0 Å². The SMILES string of the molecule is O=S(=O)(c1ccc(N(CC2CO2)CC2CO2)cc1Oc1ccccc1)c1ccc(N(CC2CO2)CC2CO2)cc1Oc1ccccc1. The zero-order valence-corrected chi connectivity index (χ0v) is 26.6. The molecule has 4 aromatic rings. The fraction of sp³-hybridized carbons (Fsp3) is 0.333. The lowest BCUT2D eigenvalue weighted by molar-refractivity contribution is 0.388. The molecule has 11 heteroatoms. The monoisotopic (exact) mass is 656 g/mol. The first-order valence-electron chi connectivity index (χ1n) is 15.9. The maximum absolute atomic E-state index is 14.7. The Hall–Kier alpha value is -4.13. The fourth-order valence-corrected chi connectivity index (χ4v) is 7.05. The number of benzene rings is 4. The predicted octanol–water partition coefficient (Wildman–Crippen LogP) is 5.31. The zero-order chi connectivity index (χ0) is 31.8. The maximum Gasteiger partial charge on any atom is 0.213 e. The lowest BCUT2D eigenvalue weighted by Crippen LogP contribution is -2.31. The summed E-state index contributed by atoms with van der Waals surface area (Å²) in [5.41, 5.74) is 1.66. The average molecular weight is 657 g/mol. The van der Waals surface area contributed by atoms with Crippen LogP contribution in [0.1, 0.15) is 0 Å². The Morgan fingerprint density at radius 2 is 0.872 bits per heavy atom. The molecule has 0 spiro atoms. The summed E-state index contributed by atoms with van der Waals surface area (Å²) < 4.78 is 64.1. The van der Waals surface area contributed by atoms with Gasteiger partial charge < -0.3 is 38.2 Å². The first-order valence-corrected chi connectivity index (χ1v) is 17.4. The molecule has 0 aromatic heterocycles. The number of ether oxygens (including phenoxy) is 6. The molecule has 0 aliphatic carbocycles. The van der Waals surface area contributed by atoms with Crippen molar-refractivity contribution in [2.24, 2.45) is 0 Å². The highest BCUT2D eigenvalue weighted by atomic mass is 32.2.